The van der Waals surface area contributed by atoms with Crippen molar-refractivity contribution in [3.63, 3.8) is 0 Å². The topological polar surface area (TPSA) is 72.8 Å². The number of aliphatic hydroxyl groups is 1. The SMILES string of the molecule is CCCCC=CCCCCCCCC(=O)O[C@@H](CO)COC(=O)CCCCCCCCCCCC=CCCCCCCCC. The Bertz CT molecular complexity index is 671. The molecule has 0 saturated heterocycles. The molecule has 0 saturated carbocycles. The number of rotatable bonds is 34. The zero-order valence-corrected chi connectivity index (χ0v) is 29.2. The lowest BCUT2D eigenvalue weighted by Gasteiger charge is -2.15. The smallest absolute Gasteiger partial charge is 0.306 e. The molecule has 0 heterocycles. The molecule has 0 unspecified atom stereocenters. The second-order valence-corrected chi connectivity index (χ2v) is 12.6. The standard InChI is InChI=1S/C39H72O5/c1-3-5-7-9-11-13-15-16-17-18-19-20-21-22-24-25-27-29-31-33-38(41)43-36-37(35-40)44-39(42)34-32-30-28-26-23-14-12-10-8-6-4-2/h10,12,16-17,37,40H,3-9,11,13-15,18-36H2,1-2H3/t37-/m0/s1. The number of hydrogen-bond acceptors (Lipinski definition) is 5. The first-order valence-corrected chi connectivity index (χ1v) is 18.9. The fraction of sp³-hybridized carbons (Fsp3) is 0.846. The van der Waals surface area contributed by atoms with Crippen molar-refractivity contribution in [3.8, 4) is 0 Å². The third kappa shape index (κ3) is 33.3. The summed E-state index contributed by atoms with van der Waals surface area (Å²) in [5.41, 5.74) is 0. The molecule has 0 aliphatic carbocycles. The molecule has 0 amide bonds. The fourth-order valence-electron chi connectivity index (χ4n) is 5.29. The molecule has 0 aliphatic heterocycles. The maximum atomic E-state index is 12.1. The molecule has 0 radical (unpaired) electrons. The molecular weight excluding hydrogens is 548 g/mol. The zero-order chi connectivity index (χ0) is 32.2. The average molecular weight is 621 g/mol. The van der Waals surface area contributed by atoms with Gasteiger partial charge in [-0.2, -0.15) is 0 Å². The molecule has 0 aliphatic rings. The van der Waals surface area contributed by atoms with Crippen molar-refractivity contribution in [1.82, 2.24) is 0 Å². The minimum atomic E-state index is -0.771. The maximum absolute atomic E-state index is 12.1. The van der Waals surface area contributed by atoms with Crippen LogP contribution in [0.2, 0.25) is 0 Å². The summed E-state index contributed by atoms with van der Waals surface area (Å²) in [6.07, 6.45) is 40.9. The van der Waals surface area contributed by atoms with Gasteiger partial charge in [0.2, 0.25) is 0 Å². The first-order chi connectivity index (χ1) is 21.6. The van der Waals surface area contributed by atoms with Gasteiger partial charge in [-0.05, 0) is 57.8 Å². The van der Waals surface area contributed by atoms with Crippen LogP contribution in [-0.2, 0) is 19.1 Å². The normalized spacial score (nSPS) is 12.3. The molecule has 0 aromatic rings. The Morgan fingerprint density at radius 2 is 0.864 bits per heavy atom. The molecule has 258 valence electrons. The quantitative estimate of drug-likeness (QED) is 0.0440. The van der Waals surface area contributed by atoms with E-state index in [1.54, 1.807) is 0 Å². The Balaban J connectivity index is 3.53. The predicted octanol–water partition coefficient (Wildman–Crippen LogP) is 11.5. The van der Waals surface area contributed by atoms with Gasteiger partial charge in [0.25, 0.3) is 0 Å². The molecule has 1 atom stereocenters. The van der Waals surface area contributed by atoms with Crippen molar-refractivity contribution >= 4 is 11.9 Å². The molecule has 0 spiro atoms. The number of hydrogen-bond donors (Lipinski definition) is 1. The number of esters is 2. The van der Waals surface area contributed by atoms with Crippen molar-refractivity contribution in [1.29, 1.82) is 0 Å². The van der Waals surface area contributed by atoms with E-state index < -0.39 is 6.10 Å². The number of carbonyl (C=O) groups is 2. The summed E-state index contributed by atoms with van der Waals surface area (Å²) in [6, 6.07) is 0. The van der Waals surface area contributed by atoms with E-state index in [-0.39, 0.29) is 25.2 Å². The number of unbranched alkanes of at least 4 members (excludes halogenated alkanes) is 22. The van der Waals surface area contributed by atoms with Gasteiger partial charge in [0, 0.05) is 12.8 Å². The Morgan fingerprint density at radius 1 is 0.500 bits per heavy atom. The second-order valence-electron chi connectivity index (χ2n) is 12.6. The molecule has 44 heavy (non-hydrogen) atoms. The van der Waals surface area contributed by atoms with Crippen LogP contribution < -0.4 is 0 Å². The molecule has 0 rings (SSSR count). The highest BCUT2D eigenvalue weighted by Gasteiger charge is 2.16. The van der Waals surface area contributed by atoms with E-state index in [0.717, 1.165) is 44.9 Å². The van der Waals surface area contributed by atoms with Crippen LogP contribution in [0.3, 0.4) is 0 Å². The van der Waals surface area contributed by atoms with Gasteiger partial charge in [-0.3, -0.25) is 9.59 Å². The highest BCUT2D eigenvalue weighted by atomic mass is 16.6. The third-order valence-corrected chi connectivity index (χ3v) is 8.22. The van der Waals surface area contributed by atoms with Crippen LogP contribution in [0.15, 0.2) is 24.3 Å². The van der Waals surface area contributed by atoms with Crippen molar-refractivity contribution < 1.29 is 24.2 Å². The van der Waals surface area contributed by atoms with E-state index in [4.69, 9.17) is 9.47 Å². The summed E-state index contributed by atoms with van der Waals surface area (Å²) in [7, 11) is 0. The van der Waals surface area contributed by atoms with E-state index in [1.165, 1.54) is 122 Å². The summed E-state index contributed by atoms with van der Waals surface area (Å²) in [4.78, 5) is 24.2. The highest BCUT2D eigenvalue weighted by Crippen LogP contribution is 2.13. The molecule has 1 N–H and O–H groups in total. The van der Waals surface area contributed by atoms with Crippen LogP contribution in [0.25, 0.3) is 0 Å². The molecular formula is C39H72O5. The summed E-state index contributed by atoms with van der Waals surface area (Å²) < 4.78 is 10.6. The molecule has 5 nitrogen and oxygen atoms in total. The Kier molecular flexibility index (Phi) is 34.5. The largest absolute Gasteiger partial charge is 0.462 e. The lowest BCUT2D eigenvalue weighted by atomic mass is 10.1. The zero-order valence-electron chi connectivity index (χ0n) is 29.2. The van der Waals surface area contributed by atoms with E-state index >= 15 is 0 Å². The van der Waals surface area contributed by atoms with Gasteiger partial charge in [0.05, 0.1) is 6.61 Å². The average Bonchev–Trinajstić information content (AvgIpc) is 3.02. The van der Waals surface area contributed by atoms with Crippen LogP contribution in [0.1, 0.15) is 194 Å². The van der Waals surface area contributed by atoms with Crippen LogP contribution in [0.4, 0.5) is 0 Å². The van der Waals surface area contributed by atoms with Gasteiger partial charge in [-0.15, -0.1) is 0 Å². The van der Waals surface area contributed by atoms with Crippen LogP contribution in [0.5, 0.6) is 0 Å². The number of aliphatic hydroxyl groups excluding tert-OH is 1. The second kappa shape index (κ2) is 35.9. The maximum Gasteiger partial charge on any atom is 0.306 e. The van der Waals surface area contributed by atoms with Gasteiger partial charge in [0.15, 0.2) is 6.10 Å². The van der Waals surface area contributed by atoms with Crippen LogP contribution in [-0.4, -0.2) is 36.4 Å². The number of ether oxygens (including phenoxy) is 2. The third-order valence-electron chi connectivity index (χ3n) is 8.22. The lowest BCUT2D eigenvalue weighted by Crippen LogP contribution is -2.28. The summed E-state index contributed by atoms with van der Waals surface area (Å²) in [5.74, 6) is -0.602. The van der Waals surface area contributed by atoms with Crippen molar-refractivity contribution in [2.24, 2.45) is 0 Å². The first kappa shape index (κ1) is 42.4. The summed E-state index contributed by atoms with van der Waals surface area (Å²) >= 11 is 0. The van der Waals surface area contributed by atoms with Crippen molar-refractivity contribution in [3.05, 3.63) is 24.3 Å². The lowest BCUT2D eigenvalue weighted by molar-refractivity contribution is -0.161. The predicted molar refractivity (Wildman–Crippen MR) is 187 cm³/mol. The highest BCUT2D eigenvalue weighted by molar-refractivity contribution is 5.70. The monoisotopic (exact) mass is 621 g/mol. The molecule has 5 heteroatoms. The van der Waals surface area contributed by atoms with Gasteiger partial charge < -0.3 is 14.6 Å². The fourth-order valence-corrected chi connectivity index (χ4v) is 5.29. The van der Waals surface area contributed by atoms with E-state index in [2.05, 4.69) is 38.2 Å². The van der Waals surface area contributed by atoms with Gasteiger partial charge in [-0.25, -0.2) is 0 Å². The first-order valence-electron chi connectivity index (χ1n) is 18.9. The van der Waals surface area contributed by atoms with E-state index in [0.29, 0.717) is 12.8 Å². The number of carbonyl (C=O) groups excluding carboxylic acids is 2. The van der Waals surface area contributed by atoms with Gasteiger partial charge >= 0.3 is 11.9 Å². The van der Waals surface area contributed by atoms with E-state index in [9.17, 15) is 14.7 Å². The summed E-state index contributed by atoms with van der Waals surface area (Å²) in [5, 5.41) is 9.52. The Hall–Kier alpha value is -1.62. The van der Waals surface area contributed by atoms with Crippen LogP contribution >= 0.6 is 0 Å². The van der Waals surface area contributed by atoms with Gasteiger partial charge in [-0.1, -0.05) is 147 Å². The molecule has 0 fully saturated rings. The van der Waals surface area contributed by atoms with Crippen LogP contribution in [0, 0.1) is 0 Å². The molecule has 0 aromatic carbocycles. The van der Waals surface area contributed by atoms with Crippen molar-refractivity contribution in [2.45, 2.75) is 200 Å². The number of allylic oxidation sites excluding steroid dienone is 4. The van der Waals surface area contributed by atoms with Gasteiger partial charge in [0.1, 0.15) is 6.61 Å². The Morgan fingerprint density at radius 3 is 1.30 bits per heavy atom. The molecule has 0 aromatic heterocycles. The minimum Gasteiger partial charge on any atom is -0.462 e. The van der Waals surface area contributed by atoms with E-state index in [1.807, 2.05) is 0 Å². The van der Waals surface area contributed by atoms with Crippen molar-refractivity contribution in [2.75, 3.05) is 13.2 Å². The Labute approximate surface area is 273 Å². The summed E-state index contributed by atoms with van der Waals surface area (Å²) in [6.45, 7) is 4.08. The minimum absolute atomic E-state index is 0.0677. The molecule has 0 bridgehead atoms.